The quantitative estimate of drug-likeness (QED) is 0.844. The first-order chi connectivity index (χ1) is 7.58. The second kappa shape index (κ2) is 4.07. The number of aliphatic carboxylic acids is 1. The molecule has 2 atom stereocenters. The lowest BCUT2D eigenvalue weighted by atomic mass is 10.3. The standard InChI is InChI=1S/C11H11FO3S/c12-8-2-1-3-9(4-8)16-11(10(14)15)5-7(11)6-13/h1-4,7,13H,5-6H2,(H,14,15). The second-order valence-corrected chi connectivity index (χ2v) is 5.24. The minimum atomic E-state index is -0.970. The molecule has 0 saturated heterocycles. The van der Waals surface area contributed by atoms with E-state index in [1.54, 1.807) is 12.1 Å². The topological polar surface area (TPSA) is 57.5 Å². The Labute approximate surface area is 96.3 Å². The summed E-state index contributed by atoms with van der Waals surface area (Å²) in [5.74, 6) is -1.56. The van der Waals surface area contributed by atoms with Crippen LogP contribution in [-0.2, 0) is 4.79 Å². The summed E-state index contributed by atoms with van der Waals surface area (Å²) in [4.78, 5) is 11.7. The van der Waals surface area contributed by atoms with Crippen LogP contribution in [0.1, 0.15) is 6.42 Å². The Kier molecular flexibility index (Phi) is 2.90. The Hall–Kier alpha value is -1.07. The van der Waals surface area contributed by atoms with E-state index < -0.39 is 10.7 Å². The molecule has 1 aliphatic rings. The summed E-state index contributed by atoms with van der Waals surface area (Å²) in [6.07, 6.45) is 0.431. The van der Waals surface area contributed by atoms with Crippen molar-refractivity contribution in [1.82, 2.24) is 0 Å². The van der Waals surface area contributed by atoms with Gasteiger partial charge in [0, 0.05) is 17.4 Å². The van der Waals surface area contributed by atoms with Crippen LogP contribution in [-0.4, -0.2) is 27.5 Å². The SMILES string of the molecule is O=C(O)C1(Sc2cccc(F)c2)CC1CO. The fourth-order valence-corrected chi connectivity index (χ4v) is 3.04. The van der Waals surface area contributed by atoms with Crippen LogP contribution in [0.3, 0.4) is 0 Å². The first-order valence-electron chi connectivity index (χ1n) is 4.87. The van der Waals surface area contributed by atoms with Gasteiger partial charge in [-0.1, -0.05) is 6.07 Å². The molecule has 0 radical (unpaired) electrons. The summed E-state index contributed by atoms with van der Waals surface area (Å²) in [6, 6.07) is 5.84. The van der Waals surface area contributed by atoms with Crippen molar-refractivity contribution in [2.75, 3.05) is 6.61 Å². The third kappa shape index (κ3) is 1.92. The average Bonchev–Trinajstić information content (AvgIpc) is 2.93. The Morgan fingerprint density at radius 3 is 2.88 bits per heavy atom. The van der Waals surface area contributed by atoms with E-state index in [4.69, 9.17) is 10.2 Å². The molecule has 0 spiro atoms. The van der Waals surface area contributed by atoms with Crippen LogP contribution in [0, 0.1) is 11.7 Å². The zero-order valence-electron chi connectivity index (χ0n) is 8.39. The molecule has 0 aromatic heterocycles. The van der Waals surface area contributed by atoms with Crippen molar-refractivity contribution < 1.29 is 19.4 Å². The van der Waals surface area contributed by atoms with E-state index >= 15 is 0 Å². The van der Waals surface area contributed by atoms with Crippen LogP contribution in [0.25, 0.3) is 0 Å². The van der Waals surface area contributed by atoms with Gasteiger partial charge in [-0.25, -0.2) is 4.39 Å². The number of hydrogen-bond donors (Lipinski definition) is 2. The molecule has 0 amide bonds. The van der Waals surface area contributed by atoms with Gasteiger partial charge in [0.25, 0.3) is 0 Å². The highest BCUT2D eigenvalue weighted by Gasteiger charge is 2.61. The van der Waals surface area contributed by atoms with Gasteiger partial charge in [-0.3, -0.25) is 4.79 Å². The zero-order valence-corrected chi connectivity index (χ0v) is 9.21. The van der Waals surface area contributed by atoms with Gasteiger partial charge in [0.05, 0.1) is 0 Å². The molecule has 86 valence electrons. The van der Waals surface area contributed by atoms with E-state index in [1.807, 2.05) is 0 Å². The Balaban J connectivity index is 2.17. The van der Waals surface area contributed by atoms with E-state index in [1.165, 1.54) is 12.1 Å². The summed E-state index contributed by atoms with van der Waals surface area (Å²) < 4.78 is 12.0. The highest BCUT2D eigenvalue weighted by molar-refractivity contribution is 8.01. The van der Waals surface area contributed by atoms with Crippen molar-refractivity contribution in [1.29, 1.82) is 0 Å². The lowest BCUT2D eigenvalue weighted by molar-refractivity contribution is -0.137. The summed E-state index contributed by atoms with van der Waals surface area (Å²) >= 11 is 1.11. The van der Waals surface area contributed by atoms with Crippen LogP contribution in [0.15, 0.2) is 29.2 Å². The van der Waals surface area contributed by atoms with E-state index in [0.717, 1.165) is 11.8 Å². The predicted octanol–water partition coefficient (Wildman–Crippen LogP) is 1.75. The molecule has 0 heterocycles. The van der Waals surface area contributed by atoms with Crippen molar-refractivity contribution in [3.8, 4) is 0 Å². The van der Waals surface area contributed by atoms with Gasteiger partial charge < -0.3 is 10.2 Å². The lowest BCUT2D eigenvalue weighted by Crippen LogP contribution is -2.21. The molecule has 2 N–H and O–H groups in total. The van der Waals surface area contributed by atoms with Crippen LogP contribution in [0.2, 0.25) is 0 Å². The maximum absolute atomic E-state index is 12.9. The van der Waals surface area contributed by atoms with E-state index in [9.17, 15) is 9.18 Å². The van der Waals surface area contributed by atoms with Crippen molar-refractivity contribution in [3.05, 3.63) is 30.1 Å². The maximum Gasteiger partial charge on any atom is 0.320 e. The summed E-state index contributed by atoms with van der Waals surface area (Å²) in [5, 5.41) is 18.1. The molecular formula is C11H11FO3S. The number of carboxylic acid groups (broad SMARTS) is 1. The number of hydrogen-bond acceptors (Lipinski definition) is 3. The number of rotatable bonds is 4. The summed E-state index contributed by atoms with van der Waals surface area (Å²) in [6.45, 7) is -0.144. The van der Waals surface area contributed by atoms with Crippen molar-refractivity contribution >= 4 is 17.7 Å². The van der Waals surface area contributed by atoms with Crippen molar-refractivity contribution in [2.45, 2.75) is 16.1 Å². The number of aliphatic hydroxyl groups excluding tert-OH is 1. The summed E-state index contributed by atoms with van der Waals surface area (Å²) in [7, 11) is 0. The van der Waals surface area contributed by atoms with Gasteiger partial charge in [0.15, 0.2) is 0 Å². The molecule has 2 unspecified atom stereocenters. The third-order valence-corrected chi connectivity index (χ3v) is 4.26. The van der Waals surface area contributed by atoms with Gasteiger partial charge >= 0.3 is 5.97 Å². The minimum Gasteiger partial charge on any atom is -0.480 e. The van der Waals surface area contributed by atoms with Crippen LogP contribution in [0.4, 0.5) is 4.39 Å². The van der Waals surface area contributed by atoms with Crippen LogP contribution >= 0.6 is 11.8 Å². The van der Waals surface area contributed by atoms with Gasteiger partial charge in [-0.15, -0.1) is 11.8 Å². The number of carboxylic acids is 1. The molecule has 0 aliphatic heterocycles. The lowest BCUT2D eigenvalue weighted by Gasteiger charge is -2.11. The minimum absolute atomic E-state index is 0.144. The normalized spacial score (nSPS) is 27.8. The number of carbonyl (C=O) groups is 1. The van der Waals surface area contributed by atoms with Crippen LogP contribution < -0.4 is 0 Å². The number of benzene rings is 1. The highest BCUT2D eigenvalue weighted by Crippen LogP contribution is 2.56. The molecule has 5 heteroatoms. The number of thioether (sulfide) groups is 1. The second-order valence-electron chi connectivity index (χ2n) is 3.84. The summed E-state index contributed by atoms with van der Waals surface area (Å²) in [5.41, 5.74) is 0. The maximum atomic E-state index is 12.9. The van der Waals surface area contributed by atoms with Crippen LogP contribution in [0.5, 0.6) is 0 Å². The molecule has 3 nitrogen and oxygen atoms in total. The molecule has 1 aromatic rings. The molecule has 0 bridgehead atoms. The molecular weight excluding hydrogens is 231 g/mol. The van der Waals surface area contributed by atoms with Gasteiger partial charge in [0.1, 0.15) is 10.6 Å². The fourth-order valence-electron chi connectivity index (χ4n) is 1.69. The first kappa shape index (κ1) is 11.4. The third-order valence-electron chi connectivity index (χ3n) is 2.73. The molecule has 1 aromatic carbocycles. The monoisotopic (exact) mass is 242 g/mol. The predicted molar refractivity (Wildman–Crippen MR) is 57.8 cm³/mol. The molecule has 1 saturated carbocycles. The van der Waals surface area contributed by atoms with Gasteiger partial charge in [-0.2, -0.15) is 0 Å². The number of halogens is 1. The smallest absolute Gasteiger partial charge is 0.320 e. The van der Waals surface area contributed by atoms with Gasteiger partial charge in [0.2, 0.25) is 0 Å². The van der Waals surface area contributed by atoms with Crippen molar-refractivity contribution in [3.63, 3.8) is 0 Å². The molecule has 1 fully saturated rings. The highest BCUT2D eigenvalue weighted by atomic mass is 32.2. The largest absolute Gasteiger partial charge is 0.480 e. The zero-order chi connectivity index (χ0) is 11.8. The molecule has 1 aliphatic carbocycles. The average molecular weight is 242 g/mol. The van der Waals surface area contributed by atoms with Crippen molar-refractivity contribution in [2.24, 2.45) is 5.92 Å². The van der Waals surface area contributed by atoms with E-state index in [2.05, 4.69) is 0 Å². The Morgan fingerprint density at radius 2 is 2.38 bits per heavy atom. The Bertz CT molecular complexity index is 423. The van der Waals surface area contributed by atoms with Gasteiger partial charge in [-0.05, 0) is 24.6 Å². The molecule has 16 heavy (non-hydrogen) atoms. The molecule has 2 rings (SSSR count). The first-order valence-corrected chi connectivity index (χ1v) is 5.69. The van der Waals surface area contributed by atoms with E-state index in [0.29, 0.717) is 11.3 Å². The van der Waals surface area contributed by atoms with E-state index in [-0.39, 0.29) is 18.3 Å². The fraction of sp³-hybridized carbons (Fsp3) is 0.364. The Morgan fingerprint density at radius 1 is 1.62 bits per heavy atom. The number of aliphatic hydroxyl groups is 1.